The monoisotopic (exact) mass is 434 g/mol. The molecule has 3 rings (SSSR count). The maximum atomic E-state index is 14.1. The van der Waals surface area contributed by atoms with Gasteiger partial charge in [-0.2, -0.15) is 5.26 Å². The zero-order valence-electron chi connectivity index (χ0n) is 16.3. The quantitative estimate of drug-likeness (QED) is 0.616. The molecule has 2 aromatic rings. The highest BCUT2D eigenvalue weighted by atomic mass is 32.2. The number of benzene rings is 1. The van der Waals surface area contributed by atoms with E-state index < -0.39 is 21.9 Å². The highest BCUT2D eigenvalue weighted by molar-refractivity contribution is 7.89. The van der Waals surface area contributed by atoms with E-state index in [-0.39, 0.29) is 35.4 Å². The smallest absolute Gasteiger partial charge is 0.320 e. The fourth-order valence-electron chi connectivity index (χ4n) is 3.28. The van der Waals surface area contributed by atoms with Gasteiger partial charge in [0.05, 0.1) is 17.4 Å². The molecule has 0 spiro atoms. The predicted octanol–water partition coefficient (Wildman–Crippen LogP) is 2.26. The van der Waals surface area contributed by atoms with Crippen molar-refractivity contribution in [1.29, 1.82) is 5.26 Å². The Morgan fingerprint density at radius 2 is 2.03 bits per heavy atom. The fraction of sp³-hybridized carbons (Fsp3) is 0.421. The van der Waals surface area contributed by atoms with E-state index in [4.69, 9.17) is 5.26 Å². The third-order valence-electron chi connectivity index (χ3n) is 4.76. The Kier molecular flexibility index (Phi) is 7.02. The van der Waals surface area contributed by atoms with Crippen molar-refractivity contribution < 1.29 is 17.6 Å². The number of nitrogens with one attached hydrogen (secondary N) is 3. The molecule has 0 saturated heterocycles. The Morgan fingerprint density at radius 3 is 2.73 bits per heavy atom. The van der Waals surface area contributed by atoms with Gasteiger partial charge in [-0.1, -0.05) is 19.3 Å². The zero-order chi connectivity index (χ0) is 21.6. The number of rotatable bonds is 7. The van der Waals surface area contributed by atoms with Crippen LogP contribution in [0.4, 0.5) is 15.0 Å². The lowest BCUT2D eigenvalue weighted by molar-refractivity contribution is 0.252. The summed E-state index contributed by atoms with van der Waals surface area (Å²) in [6, 6.07) is 6.65. The number of carbonyl (C=O) groups is 1. The molecular weight excluding hydrogens is 411 g/mol. The Balaban J connectivity index is 1.48. The van der Waals surface area contributed by atoms with Crippen LogP contribution < -0.4 is 15.4 Å². The summed E-state index contributed by atoms with van der Waals surface area (Å²) in [6.07, 6.45) is 6.32. The average Bonchev–Trinajstić information content (AvgIpc) is 3.16. The van der Waals surface area contributed by atoms with Crippen LogP contribution in [-0.2, 0) is 10.0 Å². The molecule has 2 amide bonds. The molecule has 0 aliphatic heterocycles. The van der Waals surface area contributed by atoms with Gasteiger partial charge >= 0.3 is 6.03 Å². The molecule has 1 saturated carbocycles. The molecule has 0 atom stereocenters. The number of nitriles is 1. The van der Waals surface area contributed by atoms with Gasteiger partial charge in [0, 0.05) is 24.8 Å². The Bertz CT molecular complexity index is 1040. The molecule has 1 fully saturated rings. The first-order valence-electron chi connectivity index (χ1n) is 9.67. The highest BCUT2D eigenvalue weighted by Gasteiger charge is 2.20. The molecule has 1 aromatic carbocycles. The van der Waals surface area contributed by atoms with Crippen LogP contribution in [0, 0.1) is 17.1 Å². The molecule has 3 N–H and O–H groups in total. The summed E-state index contributed by atoms with van der Waals surface area (Å²) in [5, 5.41) is 17.8. The lowest BCUT2D eigenvalue weighted by atomic mass is 9.96. The van der Waals surface area contributed by atoms with Gasteiger partial charge in [0.25, 0.3) is 0 Å². The van der Waals surface area contributed by atoms with Gasteiger partial charge in [-0.3, -0.25) is 5.32 Å². The van der Waals surface area contributed by atoms with E-state index in [0.717, 1.165) is 38.2 Å². The number of nitrogens with zero attached hydrogens (tertiary/aromatic N) is 3. The molecule has 1 aliphatic carbocycles. The maximum Gasteiger partial charge on any atom is 0.320 e. The molecule has 11 heteroatoms. The van der Waals surface area contributed by atoms with Crippen molar-refractivity contribution in [2.45, 2.75) is 38.1 Å². The van der Waals surface area contributed by atoms with Crippen LogP contribution >= 0.6 is 0 Å². The predicted molar refractivity (Wildman–Crippen MR) is 109 cm³/mol. The number of hydrogen-bond acceptors (Lipinski definition) is 5. The maximum absolute atomic E-state index is 14.1. The fourth-order valence-corrected chi connectivity index (χ4v) is 4.51. The summed E-state index contributed by atoms with van der Waals surface area (Å²) in [5.41, 5.74) is 0.316. The summed E-state index contributed by atoms with van der Waals surface area (Å²) >= 11 is 0. The molecule has 1 aromatic heterocycles. The molecule has 1 heterocycles. The van der Waals surface area contributed by atoms with Crippen LogP contribution in [0.2, 0.25) is 0 Å². The average molecular weight is 434 g/mol. The molecule has 0 unspecified atom stereocenters. The zero-order valence-corrected chi connectivity index (χ0v) is 17.1. The van der Waals surface area contributed by atoms with Crippen LogP contribution in [0.5, 0.6) is 0 Å². The van der Waals surface area contributed by atoms with Crippen LogP contribution in [0.3, 0.4) is 0 Å². The van der Waals surface area contributed by atoms with Crippen molar-refractivity contribution >= 4 is 21.9 Å². The van der Waals surface area contributed by atoms with Gasteiger partial charge in [-0.25, -0.2) is 27.0 Å². The molecule has 9 nitrogen and oxygen atoms in total. The van der Waals surface area contributed by atoms with Crippen molar-refractivity contribution in [1.82, 2.24) is 19.8 Å². The molecule has 160 valence electrons. The summed E-state index contributed by atoms with van der Waals surface area (Å²) in [6.45, 7) is -0.0567. The number of urea groups is 1. The van der Waals surface area contributed by atoms with Gasteiger partial charge in [0.15, 0.2) is 5.82 Å². The molecule has 1 aliphatic rings. The van der Waals surface area contributed by atoms with E-state index in [1.54, 1.807) is 0 Å². The minimum absolute atomic E-state index is 0.0239. The van der Waals surface area contributed by atoms with Crippen LogP contribution in [0.1, 0.15) is 37.7 Å². The second kappa shape index (κ2) is 9.69. The van der Waals surface area contributed by atoms with Gasteiger partial charge in [0.2, 0.25) is 10.0 Å². The van der Waals surface area contributed by atoms with Gasteiger partial charge in [-0.15, -0.1) is 5.10 Å². The van der Waals surface area contributed by atoms with Gasteiger partial charge in [0.1, 0.15) is 11.5 Å². The number of aromatic nitrogens is 2. The van der Waals surface area contributed by atoms with E-state index in [0.29, 0.717) is 0 Å². The van der Waals surface area contributed by atoms with Crippen molar-refractivity contribution in [3.63, 3.8) is 0 Å². The second-order valence-electron chi connectivity index (χ2n) is 7.08. The number of anilines is 1. The molecular formula is C19H23FN6O3S. The number of amides is 2. The van der Waals surface area contributed by atoms with Crippen molar-refractivity contribution in [3.8, 4) is 11.8 Å². The van der Waals surface area contributed by atoms with E-state index in [2.05, 4.69) is 20.5 Å². The Hall–Kier alpha value is -2.97. The number of sulfonamides is 1. The van der Waals surface area contributed by atoms with Crippen molar-refractivity contribution in [3.05, 3.63) is 41.8 Å². The second-order valence-corrected chi connectivity index (χ2v) is 8.95. The Labute approximate surface area is 174 Å². The normalized spacial score (nSPS) is 14.8. The largest absolute Gasteiger partial charge is 0.337 e. The van der Waals surface area contributed by atoms with Crippen LogP contribution in [0.25, 0.3) is 5.69 Å². The Morgan fingerprint density at radius 1 is 1.27 bits per heavy atom. The lowest BCUT2D eigenvalue weighted by Crippen LogP contribution is -2.41. The van der Waals surface area contributed by atoms with Crippen LogP contribution in [-0.4, -0.2) is 42.6 Å². The van der Waals surface area contributed by atoms with Crippen LogP contribution in [0.15, 0.2) is 30.5 Å². The topological polar surface area (TPSA) is 129 Å². The summed E-state index contributed by atoms with van der Waals surface area (Å²) in [4.78, 5) is 12.0. The third-order valence-corrected chi connectivity index (χ3v) is 6.20. The number of carbonyl (C=O) groups excluding carboxylic acids is 1. The summed E-state index contributed by atoms with van der Waals surface area (Å²) in [7, 11) is -3.47. The van der Waals surface area contributed by atoms with Gasteiger partial charge < -0.3 is 5.32 Å². The summed E-state index contributed by atoms with van der Waals surface area (Å²) < 4.78 is 42.2. The van der Waals surface area contributed by atoms with Crippen molar-refractivity contribution in [2.24, 2.45) is 0 Å². The SMILES string of the molecule is N#Cc1ccc(-n2ccc(NC(=O)NCCS(=O)(=O)NC3CCCCC3)n2)c(F)c1. The summed E-state index contributed by atoms with van der Waals surface area (Å²) in [5.74, 6) is -0.676. The van der Waals surface area contributed by atoms with Crippen molar-refractivity contribution in [2.75, 3.05) is 17.6 Å². The van der Waals surface area contributed by atoms with E-state index in [1.807, 2.05) is 6.07 Å². The van der Waals surface area contributed by atoms with E-state index in [9.17, 15) is 17.6 Å². The minimum atomic E-state index is -3.47. The molecule has 0 bridgehead atoms. The number of halogens is 1. The number of hydrogen-bond donors (Lipinski definition) is 3. The minimum Gasteiger partial charge on any atom is -0.337 e. The first-order chi connectivity index (χ1) is 14.4. The van der Waals surface area contributed by atoms with E-state index >= 15 is 0 Å². The standard InChI is InChI=1S/C19H23FN6O3S/c20-16-12-14(13-21)6-7-17(16)26-10-8-18(24-26)23-19(27)22-9-11-30(28,29)25-15-4-2-1-3-5-15/h6-8,10,12,15,25H,1-5,9,11H2,(H2,22,23,24,27). The van der Waals surface area contributed by atoms with Gasteiger partial charge in [-0.05, 0) is 31.0 Å². The highest BCUT2D eigenvalue weighted by Crippen LogP contribution is 2.18. The van der Waals surface area contributed by atoms with E-state index in [1.165, 1.54) is 29.1 Å². The first kappa shape index (κ1) is 21.7. The molecule has 0 radical (unpaired) electrons. The lowest BCUT2D eigenvalue weighted by Gasteiger charge is -2.22. The first-order valence-corrected chi connectivity index (χ1v) is 11.3. The molecule has 30 heavy (non-hydrogen) atoms. The third kappa shape index (κ3) is 6.01.